The summed E-state index contributed by atoms with van der Waals surface area (Å²) in [6.07, 6.45) is -1.05. The standard InChI is InChI=1S/C15H12O6S/c1-9(15(16)17)20-10-6-7-14-12(8-10)21-11-4-2-3-5-13(11)22(14,18)19/h2-9H,1H3,(H,16,17). The average molecular weight is 320 g/mol. The molecule has 1 N–H and O–H groups in total. The van der Waals surface area contributed by atoms with E-state index in [1.807, 2.05) is 0 Å². The first-order valence-corrected chi connectivity index (χ1v) is 7.93. The van der Waals surface area contributed by atoms with E-state index < -0.39 is 21.9 Å². The SMILES string of the molecule is CC(Oc1ccc2c(c1)Oc1ccccc1S2(=O)=O)C(=O)O. The molecule has 0 fully saturated rings. The maximum absolute atomic E-state index is 12.5. The van der Waals surface area contributed by atoms with Crippen LogP contribution in [0, 0.1) is 0 Å². The Morgan fingerprint density at radius 2 is 1.82 bits per heavy atom. The minimum Gasteiger partial charge on any atom is -0.479 e. The third kappa shape index (κ3) is 2.29. The van der Waals surface area contributed by atoms with E-state index in [9.17, 15) is 13.2 Å². The molecular weight excluding hydrogens is 308 g/mol. The summed E-state index contributed by atoms with van der Waals surface area (Å²) in [6, 6.07) is 10.5. The Hall–Kier alpha value is -2.54. The molecule has 2 aromatic carbocycles. The number of carboxylic acid groups (broad SMARTS) is 1. The second-order valence-electron chi connectivity index (χ2n) is 4.76. The van der Waals surface area contributed by atoms with E-state index in [-0.39, 0.29) is 27.0 Å². The quantitative estimate of drug-likeness (QED) is 0.797. The van der Waals surface area contributed by atoms with Crippen molar-refractivity contribution in [3.8, 4) is 17.2 Å². The van der Waals surface area contributed by atoms with Crippen LogP contribution in [0.15, 0.2) is 52.3 Å². The number of hydrogen-bond donors (Lipinski definition) is 1. The second-order valence-corrected chi connectivity index (χ2v) is 6.65. The lowest BCUT2D eigenvalue weighted by Gasteiger charge is -2.21. The Balaban J connectivity index is 2.04. The van der Waals surface area contributed by atoms with Crippen LogP contribution < -0.4 is 9.47 Å². The van der Waals surface area contributed by atoms with Crippen molar-refractivity contribution in [2.24, 2.45) is 0 Å². The number of sulfone groups is 1. The van der Waals surface area contributed by atoms with Crippen molar-refractivity contribution in [3.05, 3.63) is 42.5 Å². The highest BCUT2D eigenvalue weighted by Crippen LogP contribution is 2.43. The fourth-order valence-corrected chi connectivity index (χ4v) is 3.59. The summed E-state index contributed by atoms with van der Waals surface area (Å²) in [4.78, 5) is 10.9. The van der Waals surface area contributed by atoms with Gasteiger partial charge in [0.05, 0.1) is 0 Å². The van der Waals surface area contributed by atoms with Crippen molar-refractivity contribution in [2.45, 2.75) is 22.8 Å². The molecule has 2 aromatic rings. The van der Waals surface area contributed by atoms with Gasteiger partial charge in [-0.25, -0.2) is 13.2 Å². The highest BCUT2D eigenvalue weighted by atomic mass is 32.2. The normalized spacial score (nSPS) is 15.9. The number of benzene rings is 2. The first-order valence-electron chi connectivity index (χ1n) is 6.45. The van der Waals surface area contributed by atoms with E-state index in [0.29, 0.717) is 0 Å². The van der Waals surface area contributed by atoms with Gasteiger partial charge in [0.25, 0.3) is 0 Å². The molecule has 0 spiro atoms. The highest BCUT2D eigenvalue weighted by Gasteiger charge is 2.31. The summed E-state index contributed by atoms with van der Waals surface area (Å²) in [7, 11) is -3.66. The molecule has 114 valence electrons. The van der Waals surface area contributed by atoms with Gasteiger partial charge in [0, 0.05) is 6.07 Å². The van der Waals surface area contributed by atoms with Crippen LogP contribution in [0.2, 0.25) is 0 Å². The molecule has 0 amide bonds. The van der Waals surface area contributed by atoms with Gasteiger partial charge in [0.1, 0.15) is 27.0 Å². The number of carboxylic acids is 1. The maximum Gasteiger partial charge on any atom is 0.344 e. The Morgan fingerprint density at radius 1 is 1.14 bits per heavy atom. The second kappa shape index (κ2) is 5.03. The van der Waals surface area contributed by atoms with Crippen LogP contribution in [-0.4, -0.2) is 25.6 Å². The summed E-state index contributed by atoms with van der Waals surface area (Å²) in [5.74, 6) is -0.535. The van der Waals surface area contributed by atoms with Crippen molar-refractivity contribution in [1.82, 2.24) is 0 Å². The van der Waals surface area contributed by atoms with Crippen LogP contribution in [0.4, 0.5) is 0 Å². The first kappa shape index (κ1) is 14.4. The van der Waals surface area contributed by atoms with E-state index in [2.05, 4.69) is 0 Å². The molecule has 1 aliphatic rings. The van der Waals surface area contributed by atoms with Gasteiger partial charge in [0.2, 0.25) is 9.84 Å². The molecule has 1 aliphatic heterocycles. The number of rotatable bonds is 3. The van der Waals surface area contributed by atoms with Crippen LogP contribution in [0.25, 0.3) is 0 Å². The molecule has 0 radical (unpaired) electrons. The van der Waals surface area contributed by atoms with Crippen LogP contribution in [0.3, 0.4) is 0 Å². The van der Waals surface area contributed by atoms with E-state index in [1.165, 1.54) is 31.2 Å². The molecule has 6 nitrogen and oxygen atoms in total. The minimum atomic E-state index is -3.66. The summed E-state index contributed by atoms with van der Waals surface area (Å²) in [5, 5.41) is 8.84. The molecule has 1 unspecified atom stereocenters. The first-order chi connectivity index (χ1) is 10.4. The lowest BCUT2D eigenvalue weighted by molar-refractivity contribution is -0.144. The minimum absolute atomic E-state index is 0.0292. The van der Waals surface area contributed by atoms with Crippen molar-refractivity contribution >= 4 is 15.8 Å². The summed E-state index contributed by atoms with van der Waals surface area (Å²) >= 11 is 0. The molecule has 0 aromatic heterocycles. The van der Waals surface area contributed by atoms with Gasteiger partial charge < -0.3 is 14.6 Å². The van der Waals surface area contributed by atoms with E-state index in [4.69, 9.17) is 14.6 Å². The number of aliphatic carboxylic acids is 1. The summed E-state index contributed by atoms with van der Waals surface area (Å²) in [6.45, 7) is 1.38. The van der Waals surface area contributed by atoms with E-state index in [1.54, 1.807) is 18.2 Å². The molecule has 0 saturated carbocycles. The molecule has 3 rings (SSSR count). The van der Waals surface area contributed by atoms with Crippen LogP contribution >= 0.6 is 0 Å². The maximum atomic E-state index is 12.5. The molecular formula is C15H12O6S. The summed E-state index contributed by atoms with van der Waals surface area (Å²) < 4.78 is 35.9. The van der Waals surface area contributed by atoms with Crippen molar-refractivity contribution in [1.29, 1.82) is 0 Å². The number of carbonyl (C=O) groups is 1. The smallest absolute Gasteiger partial charge is 0.344 e. The molecule has 0 aliphatic carbocycles. The largest absolute Gasteiger partial charge is 0.479 e. The Kier molecular flexibility index (Phi) is 3.29. The summed E-state index contributed by atoms with van der Waals surface area (Å²) in [5.41, 5.74) is 0. The Bertz CT molecular complexity index is 856. The zero-order valence-corrected chi connectivity index (χ0v) is 12.3. The zero-order valence-electron chi connectivity index (χ0n) is 11.5. The fourth-order valence-electron chi connectivity index (χ4n) is 2.11. The zero-order chi connectivity index (χ0) is 15.9. The van der Waals surface area contributed by atoms with Crippen LogP contribution in [0.5, 0.6) is 17.2 Å². The lowest BCUT2D eigenvalue weighted by Crippen LogP contribution is -2.23. The van der Waals surface area contributed by atoms with Crippen molar-refractivity contribution in [2.75, 3.05) is 0 Å². The predicted molar refractivity (Wildman–Crippen MR) is 76.1 cm³/mol. The van der Waals surface area contributed by atoms with Gasteiger partial charge in [-0.15, -0.1) is 0 Å². The average Bonchev–Trinajstić information content (AvgIpc) is 2.47. The topological polar surface area (TPSA) is 89.9 Å². The lowest BCUT2D eigenvalue weighted by atomic mass is 10.3. The van der Waals surface area contributed by atoms with Gasteiger partial charge in [-0.3, -0.25) is 0 Å². The van der Waals surface area contributed by atoms with Gasteiger partial charge in [-0.2, -0.15) is 0 Å². The van der Waals surface area contributed by atoms with Crippen molar-refractivity contribution < 1.29 is 27.8 Å². The molecule has 0 bridgehead atoms. The van der Waals surface area contributed by atoms with E-state index in [0.717, 1.165) is 0 Å². The van der Waals surface area contributed by atoms with Gasteiger partial charge in [-0.05, 0) is 31.2 Å². The van der Waals surface area contributed by atoms with Crippen molar-refractivity contribution in [3.63, 3.8) is 0 Å². The third-order valence-electron chi connectivity index (χ3n) is 3.22. The van der Waals surface area contributed by atoms with Gasteiger partial charge >= 0.3 is 5.97 Å². The number of ether oxygens (including phenoxy) is 2. The number of para-hydroxylation sites is 1. The predicted octanol–water partition coefficient (Wildman–Crippen LogP) is 2.48. The molecule has 22 heavy (non-hydrogen) atoms. The molecule has 1 heterocycles. The van der Waals surface area contributed by atoms with Crippen LogP contribution in [-0.2, 0) is 14.6 Å². The monoisotopic (exact) mass is 320 g/mol. The van der Waals surface area contributed by atoms with E-state index >= 15 is 0 Å². The molecule has 7 heteroatoms. The Labute approximate surface area is 126 Å². The van der Waals surface area contributed by atoms with Gasteiger partial charge in [0.15, 0.2) is 6.10 Å². The van der Waals surface area contributed by atoms with Gasteiger partial charge in [-0.1, -0.05) is 12.1 Å². The third-order valence-corrected chi connectivity index (χ3v) is 5.06. The molecule has 1 atom stereocenters. The fraction of sp³-hybridized carbons (Fsp3) is 0.133. The molecule has 0 saturated heterocycles. The highest BCUT2D eigenvalue weighted by molar-refractivity contribution is 7.91. The number of hydrogen-bond acceptors (Lipinski definition) is 5. The Morgan fingerprint density at radius 3 is 2.55 bits per heavy atom. The van der Waals surface area contributed by atoms with Crippen LogP contribution in [0.1, 0.15) is 6.92 Å². The number of fused-ring (bicyclic) bond motifs is 2.